The van der Waals surface area contributed by atoms with Crippen molar-refractivity contribution >= 4 is 34.1 Å². The summed E-state index contributed by atoms with van der Waals surface area (Å²) in [6.07, 6.45) is 1.77. The van der Waals surface area contributed by atoms with E-state index in [4.69, 9.17) is 5.73 Å². The van der Waals surface area contributed by atoms with E-state index in [9.17, 15) is 9.90 Å². The molecule has 4 rings (SSSR count). The molecule has 1 amide bonds. The molecule has 1 aliphatic heterocycles. The van der Waals surface area contributed by atoms with Crippen LogP contribution in [0.3, 0.4) is 0 Å². The number of amides is 1. The Balaban J connectivity index is 1.46. The Labute approximate surface area is 188 Å². The van der Waals surface area contributed by atoms with E-state index in [1.807, 2.05) is 36.9 Å². The molecule has 1 atom stereocenters. The number of benzene rings is 2. The van der Waals surface area contributed by atoms with Crippen LogP contribution in [0.2, 0.25) is 0 Å². The van der Waals surface area contributed by atoms with Gasteiger partial charge in [-0.05, 0) is 49.2 Å². The predicted octanol–water partition coefficient (Wildman–Crippen LogP) is 3.20. The van der Waals surface area contributed by atoms with Crippen LogP contribution in [-0.4, -0.2) is 58.1 Å². The van der Waals surface area contributed by atoms with E-state index >= 15 is 0 Å². The number of phenols is 1. The molecular weight excluding hydrogens is 404 g/mol. The van der Waals surface area contributed by atoms with Gasteiger partial charge in [0.1, 0.15) is 5.75 Å². The summed E-state index contributed by atoms with van der Waals surface area (Å²) < 4.78 is 0. The van der Waals surface area contributed by atoms with E-state index < -0.39 is 6.04 Å². The lowest BCUT2D eigenvalue weighted by Gasteiger charge is -2.36. The van der Waals surface area contributed by atoms with Crippen molar-refractivity contribution in [2.75, 3.05) is 36.4 Å². The lowest BCUT2D eigenvalue weighted by atomic mass is 9.99. The Morgan fingerprint density at radius 2 is 1.75 bits per heavy atom. The van der Waals surface area contributed by atoms with Gasteiger partial charge in [0.2, 0.25) is 11.9 Å². The van der Waals surface area contributed by atoms with Gasteiger partial charge in [-0.1, -0.05) is 13.8 Å². The first-order valence-corrected chi connectivity index (χ1v) is 11.0. The summed E-state index contributed by atoms with van der Waals surface area (Å²) in [5.41, 5.74) is 9.29. The molecule has 2 heterocycles. The number of nitrogens with two attached hydrogens (primary N) is 1. The maximum atomic E-state index is 12.1. The summed E-state index contributed by atoms with van der Waals surface area (Å²) in [6, 6.07) is 11.2. The quantitative estimate of drug-likeness (QED) is 0.566. The van der Waals surface area contributed by atoms with Crippen molar-refractivity contribution in [3.8, 4) is 5.75 Å². The number of hydrogen-bond acceptors (Lipinski definition) is 7. The molecule has 3 aromatic rings. The lowest BCUT2D eigenvalue weighted by Crippen LogP contribution is -2.52. The minimum Gasteiger partial charge on any atom is -0.508 e. The number of nitrogens with one attached hydrogen (secondary N) is 1. The van der Waals surface area contributed by atoms with Crippen LogP contribution in [0.1, 0.15) is 32.3 Å². The van der Waals surface area contributed by atoms with Gasteiger partial charge in [-0.25, -0.2) is 9.97 Å². The zero-order chi connectivity index (χ0) is 22.8. The smallest absolute Gasteiger partial charge is 0.239 e. The Kier molecular flexibility index (Phi) is 6.14. The van der Waals surface area contributed by atoms with Crippen molar-refractivity contribution in [3.63, 3.8) is 0 Å². The second-order valence-electron chi connectivity index (χ2n) is 8.56. The first kappa shape index (κ1) is 21.8. The number of carbonyl (C=O) groups excluding carboxylic acids is 1. The van der Waals surface area contributed by atoms with Crippen molar-refractivity contribution in [2.45, 2.75) is 32.7 Å². The lowest BCUT2D eigenvalue weighted by molar-refractivity contribution is -0.132. The summed E-state index contributed by atoms with van der Waals surface area (Å²) in [5, 5.41) is 14.4. The fourth-order valence-electron chi connectivity index (χ4n) is 4.10. The van der Waals surface area contributed by atoms with Crippen molar-refractivity contribution < 1.29 is 9.90 Å². The average molecular weight is 435 g/mol. The standard InChI is InChI=1S/C24H30N6O2/c1-15(2)21-20(31)9-4-17-14-26-24(28-22(17)21)27-18-5-7-19(8-6-18)29-10-12-30(13-11-29)23(32)16(3)25/h4-9,14-16,31H,10-13,25H2,1-3H3,(H,26,27,28). The van der Waals surface area contributed by atoms with Crippen molar-refractivity contribution in [1.29, 1.82) is 0 Å². The van der Waals surface area contributed by atoms with Gasteiger partial charge in [-0.15, -0.1) is 0 Å². The van der Waals surface area contributed by atoms with E-state index in [1.165, 1.54) is 0 Å². The number of rotatable bonds is 5. The number of nitrogens with zero attached hydrogens (tertiary/aromatic N) is 4. The molecule has 0 saturated carbocycles. The first-order valence-electron chi connectivity index (χ1n) is 11.0. The Morgan fingerprint density at radius 3 is 2.38 bits per heavy atom. The molecule has 8 heteroatoms. The van der Waals surface area contributed by atoms with Crippen LogP contribution in [0.15, 0.2) is 42.6 Å². The number of phenolic OH excluding ortho intramolecular Hbond substituents is 1. The van der Waals surface area contributed by atoms with Crippen LogP contribution in [-0.2, 0) is 4.79 Å². The molecular formula is C24H30N6O2. The highest BCUT2D eigenvalue weighted by molar-refractivity contribution is 5.85. The Morgan fingerprint density at radius 1 is 1.06 bits per heavy atom. The molecule has 168 valence electrons. The van der Waals surface area contributed by atoms with Crippen LogP contribution in [0.4, 0.5) is 17.3 Å². The highest BCUT2D eigenvalue weighted by Crippen LogP contribution is 2.32. The number of carbonyl (C=O) groups is 1. The number of anilines is 3. The summed E-state index contributed by atoms with van der Waals surface area (Å²) in [6.45, 7) is 8.71. The van der Waals surface area contributed by atoms with Crippen molar-refractivity contribution in [1.82, 2.24) is 14.9 Å². The minimum absolute atomic E-state index is 0.00789. The van der Waals surface area contributed by atoms with Crippen LogP contribution in [0, 0.1) is 0 Å². The van der Waals surface area contributed by atoms with Gasteiger partial charge in [-0.2, -0.15) is 0 Å². The molecule has 1 unspecified atom stereocenters. The summed E-state index contributed by atoms with van der Waals surface area (Å²) in [4.78, 5) is 25.2. The topological polar surface area (TPSA) is 108 Å². The summed E-state index contributed by atoms with van der Waals surface area (Å²) in [7, 11) is 0. The van der Waals surface area contributed by atoms with Crippen molar-refractivity contribution in [2.24, 2.45) is 5.73 Å². The molecule has 0 aliphatic carbocycles. The predicted molar refractivity (Wildman–Crippen MR) is 127 cm³/mol. The number of aromatic nitrogens is 2. The molecule has 0 spiro atoms. The van der Waals surface area contributed by atoms with E-state index in [-0.39, 0.29) is 17.6 Å². The van der Waals surface area contributed by atoms with Gasteiger partial charge in [-0.3, -0.25) is 4.79 Å². The van der Waals surface area contributed by atoms with E-state index in [0.717, 1.165) is 40.9 Å². The minimum atomic E-state index is -0.454. The summed E-state index contributed by atoms with van der Waals surface area (Å²) in [5.74, 6) is 0.892. The van der Waals surface area contributed by atoms with Gasteiger partial charge < -0.3 is 26.0 Å². The third-order valence-corrected chi connectivity index (χ3v) is 5.82. The normalized spacial score (nSPS) is 15.3. The van der Waals surface area contributed by atoms with E-state index in [2.05, 4.69) is 32.3 Å². The van der Waals surface area contributed by atoms with Crippen molar-refractivity contribution in [3.05, 3.63) is 48.2 Å². The van der Waals surface area contributed by atoms with Gasteiger partial charge in [0.25, 0.3) is 0 Å². The van der Waals surface area contributed by atoms with E-state index in [1.54, 1.807) is 19.2 Å². The van der Waals surface area contributed by atoms with Gasteiger partial charge in [0, 0.05) is 54.7 Å². The fourth-order valence-corrected chi connectivity index (χ4v) is 4.10. The first-order chi connectivity index (χ1) is 15.3. The second-order valence-corrected chi connectivity index (χ2v) is 8.56. The summed E-state index contributed by atoms with van der Waals surface area (Å²) >= 11 is 0. The molecule has 0 bridgehead atoms. The maximum absolute atomic E-state index is 12.1. The number of fused-ring (bicyclic) bond motifs is 1. The van der Waals surface area contributed by atoms with Gasteiger partial charge in [0.15, 0.2) is 0 Å². The zero-order valence-electron chi connectivity index (χ0n) is 18.7. The van der Waals surface area contributed by atoms with Crippen LogP contribution in [0.5, 0.6) is 5.75 Å². The molecule has 1 saturated heterocycles. The SMILES string of the molecule is CC(N)C(=O)N1CCN(c2ccc(Nc3ncc4ccc(O)c(C(C)C)c4n3)cc2)CC1. The zero-order valence-corrected chi connectivity index (χ0v) is 18.7. The van der Waals surface area contributed by atoms with Gasteiger partial charge >= 0.3 is 0 Å². The van der Waals surface area contributed by atoms with Gasteiger partial charge in [0.05, 0.1) is 11.6 Å². The monoisotopic (exact) mass is 434 g/mol. The second kappa shape index (κ2) is 9.00. The number of aromatic hydroxyl groups is 1. The third kappa shape index (κ3) is 4.45. The molecule has 8 nitrogen and oxygen atoms in total. The molecule has 1 aromatic heterocycles. The Bertz CT molecular complexity index is 1110. The van der Waals surface area contributed by atoms with Crippen LogP contribution in [0.25, 0.3) is 10.9 Å². The molecule has 1 fully saturated rings. The highest BCUT2D eigenvalue weighted by Gasteiger charge is 2.23. The molecule has 1 aliphatic rings. The largest absolute Gasteiger partial charge is 0.508 e. The number of piperazine rings is 1. The fraction of sp³-hybridized carbons (Fsp3) is 0.375. The average Bonchev–Trinajstić information content (AvgIpc) is 2.78. The highest BCUT2D eigenvalue weighted by atomic mass is 16.3. The van der Waals surface area contributed by atoms with Crippen LogP contribution >= 0.6 is 0 Å². The third-order valence-electron chi connectivity index (χ3n) is 5.82. The van der Waals surface area contributed by atoms with Crippen LogP contribution < -0.4 is 16.0 Å². The Hall–Kier alpha value is -3.39. The molecule has 32 heavy (non-hydrogen) atoms. The number of hydrogen-bond donors (Lipinski definition) is 3. The molecule has 0 radical (unpaired) electrons. The van der Waals surface area contributed by atoms with E-state index in [0.29, 0.717) is 19.0 Å². The molecule has 2 aromatic carbocycles. The maximum Gasteiger partial charge on any atom is 0.239 e. The molecule has 4 N–H and O–H groups in total.